The highest BCUT2D eigenvalue weighted by atomic mass is 15.2. The SMILES string of the molecule is CCCNCc1ccc(N(CC)C(C)CN(C)C)c(C)c1. The third-order valence-corrected chi connectivity index (χ3v) is 3.83. The predicted molar refractivity (Wildman–Crippen MR) is 94.2 cm³/mol. The van der Waals surface area contributed by atoms with Crippen LogP contribution in [0.3, 0.4) is 0 Å². The first-order valence-corrected chi connectivity index (χ1v) is 8.21. The van der Waals surface area contributed by atoms with E-state index in [0.717, 1.165) is 26.2 Å². The highest BCUT2D eigenvalue weighted by Crippen LogP contribution is 2.23. The van der Waals surface area contributed by atoms with Crippen LogP contribution < -0.4 is 10.2 Å². The molecule has 0 saturated carbocycles. The van der Waals surface area contributed by atoms with Gasteiger partial charge in [0.15, 0.2) is 0 Å². The lowest BCUT2D eigenvalue weighted by Gasteiger charge is -2.33. The summed E-state index contributed by atoms with van der Waals surface area (Å²) in [6, 6.07) is 7.39. The van der Waals surface area contributed by atoms with Crippen molar-refractivity contribution in [2.45, 2.75) is 46.7 Å². The van der Waals surface area contributed by atoms with Gasteiger partial charge in [-0.05, 0) is 65.0 Å². The number of hydrogen-bond acceptors (Lipinski definition) is 3. The molecule has 21 heavy (non-hydrogen) atoms. The van der Waals surface area contributed by atoms with Gasteiger partial charge in [0.1, 0.15) is 0 Å². The topological polar surface area (TPSA) is 18.5 Å². The van der Waals surface area contributed by atoms with E-state index in [1.807, 2.05) is 0 Å². The lowest BCUT2D eigenvalue weighted by Crippen LogP contribution is -2.40. The minimum Gasteiger partial charge on any atom is -0.368 e. The van der Waals surface area contributed by atoms with E-state index >= 15 is 0 Å². The molecule has 0 bridgehead atoms. The summed E-state index contributed by atoms with van der Waals surface area (Å²) in [5.74, 6) is 0. The largest absolute Gasteiger partial charge is 0.368 e. The average Bonchev–Trinajstić information content (AvgIpc) is 2.41. The number of aryl methyl sites for hydroxylation is 1. The van der Waals surface area contributed by atoms with Crippen molar-refractivity contribution in [2.24, 2.45) is 0 Å². The number of hydrogen-bond donors (Lipinski definition) is 1. The molecule has 0 heterocycles. The van der Waals surface area contributed by atoms with Gasteiger partial charge in [-0.2, -0.15) is 0 Å². The summed E-state index contributed by atoms with van der Waals surface area (Å²) in [7, 11) is 4.28. The molecule has 1 N–H and O–H groups in total. The zero-order valence-corrected chi connectivity index (χ0v) is 14.7. The second kappa shape index (κ2) is 9.06. The molecule has 0 aliphatic rings. The van der Waals surface area contributed by atoms with Crippen LogP contribution in [0.15, 0.2) is 18.2 Å². The first-order chi connectivity index (χ1) is 9.99. The fourth-order valence-electron chi connectivity index (χ4n) is 2.91. The van der Waals surface area contributed by atoms with Gasteiger partial charge in [0.2, 0.25) is 0 Å². The fourth-order valence-corrected chi connectivity index (χ4v) is 2.91. The summed E-state index contributed by atoms with van der Waals surface area (Å²) < 4.78 is 0. The summed E-state index contributed by atoms with van der Waals surface area (Å²) in [4.78, 5) is 4.75. The zero-order valence-electron chi connectivity index (χ0n) is 14.7. The molecule has 0 radical (unpaired) electrons. The van der Waals surface area contributed by atoms with Gasteiger partial charge in [-0.15, -0.1) is 0 Å². The van der Waals surface area contributed by atoms with E-state index in [9.17, 15) is 0 Å². The van der Waals surface area contributed by atoms with Crippen LogP contribution in [-0.2, 0) is 6.54 Å². The van der Waals surface area contributed by atoms with E-state index < -0.39 is 0 Å². The zero-order chi connectivity index (χ0) is 15.8. The second-order valence-electron chi connectivity index (χ2n) is 6.19. The Balaban J connectivity index is 2.81. The summed E-state index contributed by atoms with van der Waals surface area (Å²) in [6.07, 6.45) is 1.18. The van der Waals surface area contributed by atoms with Crippen LogP contribution in [0.2, 0.25) is 0 Å². The Kier molecular flexibility index (Phi) is 7.76. The second-order valence-corrected chi connectivity index (χ2v) is 6.19. The number of rotatable bonds is 9. The van der Waals surface area contributed by atoms with Crippen LogP contribution in [0.4, 0.5) is 5.69 Å². The quantitative estimate of drug-likeness (QED) is 0.705. The molecule has 1 unspecified atom stereocenters. The van der Waals surface area contributed by atoms with Gasteiger partial charge in [-0.3, -0.25) is 0 Å². The number of nitrogens with one attached hydrogen (secondary N) is 1. The molecule has 0 aliphatic heterocycles. The standard InChI is InChI=1S/C18H33N3/c1-7-11-19-13-17-9-10-18(15(3)12-17)21(8-2)16(4)14-20(5)6/h9-10,12,16,19H,7-8,11,13-14H2,1-6H3. The van der Waals surface area contributed by atoms with Crippen molar-refractivity contribution in [2.75, 3.05) is 38.6 Å². The van der Waals surface area contributed by atoms with Crippen LogP contribution in [0.25, 0.3) is 0 Å². The Morgan fingerprint density at radius 2 is 1.90 bits per heavy atom. The highest BCUT2D eigenvalue weighted by Gasteiger charge is 2.15. The molecule has 0 amide bonds. The number of benzene rings is 1. The van der Waals surface area contributed by atoms with Gasteiger partial charge in [0.25, 0.3) is 0 Å². The molecule has 0 fully saturated rings. The van der Waals surface area contributed by atoms with Crippen molar-refractivity contribution >= 4 is 5.69 Å². The van der Waals surface area contributed by atoms with Gasteiger partial charge >= 0.3 is 0 Å². The monoisotopic (exact) mass is 291 g/mol. The lowest BCUT2D eigenvalue weighted by molar-refractivity contribution is 0.373. The Bertz CT molecular complexity index is 415. The summed E-state index contributed by atoms with van der Waals surface area (Å²) >= 11 is 0. The van der Waals surface area contributed by atoms with Gasteiger partial charge in [-0.25, -0.2) is 0 Å². The summed E-state index contributed by atoms with van der Waals surface area (Å²) in [5, 5.41) is 3.47. The van der Waals surface area contributed by atoms with Crippen LogP contribution in [0.1, 0.15) is 38.3 Å². The molecule has 0 saturated heterocycles. The first-order valence-electron chi connectivity index (χ1n) is 8.21. The minimum absolute atomic E-state index is 0.521. The molecular weight excluding hydrogens is 258 g/mol. The lowest BCUT2D eigenvalue weighted by atomic mass is 10.1. The molecule has 0 spiro atoms. The maximum absolute atomic E-state index is 3.47. The molecule has 1 aromatic rings. The average molecular weight is 291 g/mol. The van der Waals surface area contributed by atoms with Gasteiger partial charge < -0.3 is 15.1 Å². The summed E-state index contributed by atoms with van der Waals surface area (Å²) in [6.45, 7) is 13.1. The van der Waals surface area contributed by atoms with Gasteiger partial charge in [0, 0.05) is 31.4 Å². The number of anilines is 1. The smallest absolute Gasteiger partial charge is 0.0398 e. The van der Waals surface area contributed by atoms with E-state index in [-0.39, 0.29) is 0 Å². The van der Waals surface area contributed by atoms with E-state index in [4.69, 9.17) is 0 Å². The molecular formula is C18H33N3. The maximum atomic E-state index is 3.47. The molecule has 0 aromatic heterocycles. The molecule has 3 heteroatoms. The van der Waals surface area contributed by atoms with Gasteiger partial charge in [0.05, 0.1) is 0 Å². The fraction of sp³-hybridized carbons (Fsp3) is 0.667. The van der Waals surface area contributed by atoms with Crippen molar-refractivity contribution in [1.29, 1.82) is 0 Å². The third kappa shape index (κ3) is 5.68. The third-order valence-electron chi connectivity index (χ3n) is 3.83. The van der Waals surface area contributed by atoms with Crippen LogP contribution in [-0.4, -0.2) is 44.7 Å². The first kappa shape index (κ1) is 18.0. The van der Waals surface area contributed by atoms with Crippen molar-refractivity contribution in [3.63, 3.8) is 0 Å². The van der Waals surface area contributed by atoms with E-state index in [0.29, 0.717) is 6.04 Å². The van der Waals surface area contributed by atoms with E-state index in [1.54, 1.807) is 0 Å². The van der Waals surface area contributed by atoms with Crippen LogP contribution in [0.5, 0.6) is 0 Å². The summed E-state index contributed by atoms with van der Waals surface area (Å²) in [5.41, 5.74) is 4.12. The molecule has 1 aromatic carbocycles. The Hall–Kier alpha value is -1.06. The normalized spacial score (nSPS) is 12.7. The van der Waals surface area contributed by atoms with Gasteiger partial charge in [-0.1, -0.05) is 19.1 Å². The predicted octanol–water partition coefficient (Wildman–Crippen LogP) is 3.27. The molecule has 0 aliphatic carbocycles. The highest BCUT2D eigenvalue weighted by molar-refractivity contribution is 5.55. The molecule has 1 rings (SSSR count). The number of nitrogens with zero attached hydrogens (tertiary/aromatic N) is 2. The molecule has 120 valence electrons. The minimum atomic E-state index is 0.521. The van der Waals surface area contributed by atoms with Crippen molar-refractivity contribution in [3.05, 3.63) is 29.3 Å². The number of likely N-dealkylation sites (N-methyl/N-ethyl adjacent to an activating group) is 2. The van der Waals surface area contributed by atoms with E-state index in [1.165, 1.54) is 23.2 Å². The van der Waals surface area contributed by atoms with Crippen LogP contribution >= 0.6 is 0 Å². The van der Waals surface area contributed by atoms with Crippen molar-refractivity contribution in [3.8, 4) is 0 Å². The Morgan fingerprint density at radius 3 is 2.43 bits per heavy atom. The maximum Gasteiger partial charge on any atom is 0.0398 e. The van der Waals surface area contributed by atoms with Crippen molar-refractivity contribution < 1.29 is 0 Å². The van der Waals surface area contributed by atoms with E-state index in [2.05, 4.69) is 75.1 Å². The molecule has 3 nitrogen and oxygen atoms in total. The Labute approximate surface area is 131 Å². The Morgan fingerprint density at radius 1 is 1.19 bits per heavy atom. The van der Waals surface area contributed by atoms with Crippen molar-refractivity contribution in [1.82, 2.24) is 10.2 Å². The molecule has 1 atom stereocenters. The van der Waals surface area contributed by atoms with Crippen LogP contribution in [0, 0.1) is 6.92 Å².